The van der Waals surface area contributed by atoms with Crippen molar-refractivity contribution in [2.45, 2.75) is 13.5 Å². The van der Waals surface area contributed by atoms with E-state index in [1.54, 1.807) is 4.57 Å². The lowest BCUT2D eigenvalue weighted by molar-refractivity contribution is 0.816. The molecule has 2 aromatic rings. The summed E-state index contributed by atoms with van der Waals surface area (Å²) in [4.78, 5) is 3.95. The van der Waals surface area contributed by atoms with Gasteiger partial charge in [0.25, 0.3) is 0 Å². The van der Waals surface area contributed by atoms with Crippen LogP contribution >= 0.6 is 0 Å². The van der Waals surface area contributed by atoms with Crippen LogP contribution in [0.5, 0.6) is 0 Å². The third-order valence-corrected chi connectivity index (χ3v) is 2.88. The molecule has 1 heterocycles. The Morgan fingerprint density at radius 1 is 1.32 bits per heavy atom. The van der Waals surface area contributed by atoms with Crippen LogP contribution in [0.2, 0.25) is 0 Å². The molecule has 94 valence electrons. The van der Waals surface area contributed by atoms with Crippen LogP contribution in [0, 0.1) is 29.6 Å². The molecule has 0 radical (unpaired) electrons. The van der Waals surface area contributed by atoms with E-state index in [-0.39, 0.29) is 11.4 Å². The third-order valence-electron chi connectivity index (χ3n) is 2.88. The molecule has 0 unspecified atom stereocenters. The molecule has 5 heteroatoms. The van der Waals surface area contributed by atoms with Gasteiger partial charge in [-0.05, 0) is 31.2 Å². The van der Waals surface area contributed by atoms with Crippen molar-refractivity contribution >= 4 is 0 Å². The van der Waals surface area contributed by atoms with E-state index in [0.29, 0.717) is 0 Å². The molecular weight excluding hydrogens is 238 g/mol. The zero-order valence-corrected chi connectivity index (χ0v) is 10.8. The van der Waals surface area contributed by atoms with E-state index in [9.17, 15) is 0 Å². The van der Waals surface area contributed by atoms with E-state index in [1.165, 1.54) is 11.9 Å². The Morgan fingerprint density at radius 2 is 2.11 bits per heavy atom. The van der Waals surface area contributed by atoms with Gasteiger partial charge >= 0.3 is 0 Å². The van der Waals surface area contributed by atoms with Crippen molar-refractivity contribution in [2.75, 3.05) is 7.05 Å². The lowest BCUT2D eigenvalue weighted by Gasteiger charge is -2.10. The van der Waals surface area contributed by atoms with Crippen LogP contribution in [0.25, 0.3) is 5.69 Å². The van der Waals surface area contributed by atoms with Crippen LogP contribution in [0.15, 0.2) is 24.5 Å². The Labute approximate surface area is 111 Å². The molecular formula is C14H13N5. The summed E-state index contributed by atoms with van der Waals surface area (Å²) in [5, 5.41) is 21.1. The Bertz CT molecular complexity index is 685. The zero-order valence-electron chi connectivity index (χ0n) is 10.8. The highest BCUT2D eigenvalue weighted by molar-refractivity contribution is 5.49. The highest BCUT2D eigenvalue weighted by Crippen LogP contribution is 2.19. The van der Waals surface area contributed by atoms with Crippen molar-refractivity contribution in [1.29, 1.82) is 10.5 Å². The molecule has 1 N–H and O–H groups in total. The first-order valence-corrected chi connectivity index (χ1v) is 5.83. The quantitative estimate of drug-likeness (QED) is 0.899. The first-order valence-electron chi connectivity index (χ1n) is 5.83. The smallest absolute Gasteiger partial charge is 0.177 e. The van der Waals surface area contributed by atoms with Gasteiger partial charge in [-0.3, -0.25) is 4.57 Å². The lowest BCUT2D eigenvalue weighted by atomic mass is 10.1. The maximum absolute atomic E-state index is 9.14. The summed E-state index contributed by atoms with van der Waals surface area (Å²) in [5.74, 6) is 0. The number of benzene rings is 1. The second-order valence-electron chi connectivity index (χ2n) is 4.19. The van der Waals surface area contributed by atoms with Crippen molar-refractivity contribution in [3.05, 3.63) is 47.0 Å². The van der Waals surface area contributed by atoms with Gasteiger partial charge in [0.2, 0.25) is 0 Å². The fourth-order valence-electron chi connectivity index (χ4n) is 2.02. The van der Waals surface area contributed by atoms with E-state index in [1.807, 2.05) is 38.2 Å². The van der Waals surface area contributed by atoms with Gasteiger partial charge in [0.1, 0.15) is 18.5 Å². The summed E-state index contributed by atoms with van der Waals surface area (Å²) in [6.45, 7) is 2.77. The van der Waals surface area contributed by atoms with Crippen molar-refractivity contribution in [2.24, 2.45) is 0 Å². The molecule has 5 nitrogen and oxygen atoms in total. The van der Waals surface area contributed by atoms with E-state index >= 15 is 0 Å². The van der Waals surface area contributed by atoms with Crippen LogP contribution in [-0.2, 0) is 6.54 Å². The Kier molecular flexibility index (Phi) is 3.61. The molecule has 0 atom stereocenters. The van der Waals surface area contributed by atoms with E-state index in [4.69, 9.17) is 10.5 Å². The number of hydrogen-bond donors (Lipinski definition) is 1. The van der Waals surface area contributed by atoms with Gasteiger partial charge in [0.05, 0.1) is 5.69 Å². The summed E-state index contributed by atoms with van der Waals surface area (Å²) in [6.07, 6.45) is 1.51. The summed E-state index contributed by atoms with van der Waals surface area (Å²) >= 11 is 0. The molecule has 0 saturated carbocycles. The molecule has 1 aromatic carbocycles. The van der Waals surface area contributed by atoms with Gasteiger partial charge in [0, 0.05) is 6.54 Å². The number of nitrogens with one attached hydrogen (secondary N) is 1. The number of aryl methyl sites for hydroxylation is 1. The normalized spacial score (nSPS) is 9.89. The highest BCUT2D eigenvalue weighted by Gasteiger charge is 2.12. The first-order chi connectivity index (χ1) is 9.21. The number of aromatic nitrogens is 2. The van der Waals surface area contributed by atoms with Crippen LogP contribution in [0.1, 0.15) is 22.5 Å². The van der Waals surface area contributed by atoms with Gasteiger partial charge in [-0.15, -0.1) is 0 Å². The lowest BCUT2D eigenvalue weighted by Crippen LogP contribution is -2.06. The predicted molar refractivity (Wildman–Crippen MR) is 70.5 cm³/mol. The fourth-order valence-corrected chi connectivity index (χ4v) is 2.02. The molecule has 0 fully saturated rings. The molecule has 19 heavy (non-hydrogen) atoms. The monoisotopic (exact) mass is 251 g/mol. The molecule has 0 aliphatic heterocycles. The Morgan fingerprint density at radius 3 is 2.68 bits per heavy atom. The van der Waals surface area contributed by atoms with Crippen LogP contribution in [-0.4, -0.2) is 16.6 Å². The minimum Gasteiger partial charge on any atom is -0.316 e. The average molecular weight is 251 g/mol. The number of nitrogens with zero attached hydrogens (tertiary/aromatic N) is 4. The molecule has 2 rings (SSSR count). The van der Waals surface area contributed by atoms with E-state index < -0.39 is 0 Å². The summed E-state index contributed by atoms with van der Waals surface area (Å²) in [7, 11) is 1.89. The molecule has 0 spiro atoms. The van der Waals surface area contributed by atoms with Crippen molar-refractivity contribution in [3.63, 3.8) is 0 Å². The first kappa shape index (κ1) is 12.8. The Balaban J connectivity index is 2.52. The second-order valence-corrected chi connectivity index (χ2v) is 4.19. The molecule has 0 saturated heterocycles. The topological polar surface area (TPSA) is 77.4 Å². The standard InChI is InChI=1S/C14H13N5/c1-10-5-11(8-17-2)3-4-13(10)19-9-18-12(6-15)14(19)7-16/h3-5,9,17H,8H2,1-2H3. The van der Waals surface area contributed by atoms with Gasteiger partial charge in [-0.2, -0.15) is 10.5 Å². The van der Waals surface area contributed by atoms with E-state index in [0.717, 1.165) is 17.8 Å². The maximum atomic E-state index is 9.14. The van der Waals surface area contributed by atoms with Gasteiger partial charge in [0.15, 0.2) is 11.4 Å². The SMILES string of the molecule is CNCc1ccc(-n2cnc(C#N)c2C#N)c(C)c1. The van der Waals surface area contributed by atoms with Crippen LogP contribution in [0.4, 0.5) is 0 Å². The van der Waals surface area contributed by atoms with Gasteiger partial charge in [-0.25, -0.2) is 4.98 Å². The molecule has 0 aliphatic carbocycles. The minimum absolute atomic E-state index is 0.154. The fraction of sp³-hybridized carbons (Fsp3) is 0.214. The number of hydrogen-bond acceptors (Lipinski definition) is 4. The largest absolute Gasteiger partial charge is 0.316 e. The van der Waals surface area contributed by atoms with Gasteiger partial charge in [-0.1, -0.05) is 12.1 Å². The van der Waals surface area contributed by atoms with Crippen LogP contribution < -0.4 is 5.32 Å². The predicted octanol–water partition coefficient (Wildman–Crippen LogP) is 1.64. The number of rotatable bonds is 3. The molecule has 0 aliphatic rings. The maximum Gasteiger partial charge on any atom is 0.177 e. The molecule has 0 amide bonds. The van der Waals surface area contributed by atoms with Crippen LogP contribution in [0.3, 0.4) is 0 Å². The summed E-state index contributed by atoms with van der Waals surface area (Å²) in [5.41, 5.74) is 3.49. The van der Waals surface area contributed by atoms with Gasteiger partial charge < -0.3 is 5.32 Å². The van der Waals surface area contributed by atoms with Crippen molar-refractivity contribution in [1.82, 2.24) is 14.9 Å². The molecule has 0 bridgehead atoms. The zero-order chi connectivity index (χ0) is 13.8. The van der Waals surface area contributed by atoms with Crippen molar-refractivity contribution < 1.29 is 0 Å². The molecule has 1 aromatic heterocycles. The number of imidazole rings is 1. The summed E-state index contributed by atoms with van der Waals surface area (Å²) in [6, 6.07) is 9.93. The third kappa shape index (κ3) is 2.33. The number of nitriles is 2. The second kappa shape index (κ2) is 5.34. The highest BCUT2D eigenvalue weighted by atomic mass is 15.1. The average Bonchev–Trinajstić information content (AvgIpc) is 2.82. The Hall–Kier alpha value is -2.63. The van der Waals surface area contributed by atoms with E-state index in [2.05, 4.69) is 16.4 Å². The van der Waals surface area contributed by atoms with Crippen molar-refractivity contribution in [3.8, 4) is 17.8 Å². The minimum atomic E-state index is 0.154. The summed E-state index contributed by atoms with van der Waals surface area (Å²) < 4.78 is 1.65.